The van der Waals surface area contributed by atoms with Crippen molar-refractivity contribution in [3.63, 3.8) is 0 Å². The largest absolute Gasteiger partial charge is 0.382 e. The summed E-state index contributed by atoms with van der Waals surface area (Å²) in [4.78, 5) is 16.3. The smallest absolute Gasteiger partial charge is 0.251 e. The Morgan fingerprint density at radius 3 is 2.84 bits per heavy atom. The predicted molar refractivity (Wildman–Crippen MR) is 76.4 cm³/mol. The van der Waals surface area contributed by atoms with E-state index in [1.807, 2.05) is 13.8 Å². The summed E-state index contributed by atoms with van der Waals surface area (Å²) in [5, 5.41) is 6.10. The summed E-state index contributed by atoms with van der Waals surface area (Å²) in [6, 6.07) is 3.46. The average molecular weight is 265 g/mol. The molecule has 0 atom stereocenters. The van der Waals surface area contributed by atoms with E-state index in [0.29, 0.717) is 12.2 Å². The molecule has 1 aromatic rings. The fraction of sp³-hybridized carbons (Fsp3) is 0.571. The first-order valence-electron chi connectivity index (χ1n) is 6.50. The minimum atomic E-state index is -0.397. The number of methoxy groups -OCH3 is 1. The summed E-state index contributed by atoms with van der Waals surface area (Å²) < 4.78 is 5.08. The van der Waals surface area contributed by atoms with Gasteiger partial charge in [-0.15, -0.1) is 0 Å². The molecule has 19 heavy (non-hydrogen) atoms. The molecule has 0 aliphatic carbocycles. The first-order valence-corrected chi connectivity index (χ1v) is 6.50. The van der Waals surface area contributed by atoms with Crippen molar-refractivity contribution in [3.8, 4) is 0 Å². The van der Waals surface area contributed by atoms with Gasteiger partial charge in [0, 0.05) is 25.4 Å². The molecule has 1 rings (SSSR count). The van der Waals surface area contributed by atoms with Gasteiger partial charge in [0.1, 0.15) is 5.82 Å². The molecule has 5 heteroatoms. The second kappa shape index (κ2) is 7.09. The number of anilines is 1. The van der Waals surface area contributed by atoms with Crippen molar-refractivity contribution in [2.75, 3.05) is 25.6 Å². The van der Waals surface area contributed by atoms with Gasteiger partial charge in [-0.3, -0.25) is 4.79 Å². The molecule has 0 aromatic carbocycles. The van der Waals surface area contributed by atoms with Crippen molar-refractivity contribution in [1.29, 1.82) is 0 Å². The highest BCUT2D eigenvalue weighted by Crippen LogP contribution is 2.09. The monoisotopic (exact) mass is 265 g/mol. The number of nitrogens with one attached hydrogen (secondary N) is 2. The van der Waals surface area contributed by atoms with Gasteiger partial charge < -0.3 is 15.4 Å². The van der Waals surface area contributed by atoms with Crippen LogP contribution in [0.3, 0.4) is 0 Å². The van der Waals surface area contributed by atoms with E-state index in [1.54, 1.807) is 25.4 Å². The van der Waals surface area contributed by atoms with E-state index in [2.05, 4.69) is 22.5 Å². The zero-order chi connectivity index (χ0) is 14.3. The van der Waals surface area contributed by atoms with Gasteiger partial charge in [-0.05, 0) is 32.4 Å². The fourth-order valence-electron chi connectivity index (χ4n) is 1.70. The molecular formula is C14H23N3O2. The number of pyridine rings is 1. The molecule has 1 aromatic heterocycles. The zero-order valence-electron chi connectivity index (χ0n) is 12.1. The van der Waals surface area contributed by atoms with Crippen LogP contribution in [0.4, 0.5) is 5.82 Å². The van der Waals surface area contributed by atoms with E-state index >= 15 is 0 Å². The maximum absolute atomic E-state index is 12.1. The molecule has 1 amide bonds. The van der Waals surface area contributed by atoms with Crippen molar-refractivity contribution < 1.29 is 9.53 Å². The van der Waals surface area contributed by atoms with Gasteiger partial charge in [-0.2, -0.15) is 0 Å². The van der Waals surface area contributed by atoms with Crippen LogP contribution in [0.25, 0.3) is 0 Å². The molecule has 106 valence electrons. The summed E-state index contributed by atoms with van der Waals surface area (Å²) in [6.07, 6.45) is 2.65. The van der Waals surface area contributed by atoms with Crippen LogP contribution in [-0.2, 0) is 4.74 Å². The molecule has 2 N–H and O–H groups in total. The Morgan fingerprint density at radius 2 is 2.21 bits per heavy atom. The standard InChI is InChI=1S/C14H23N3O2/c1-5-7-15-12-9-11(6-8-16-12)13(18)17-14(2,3)10-19-4/h6,8-9H,5,7,10H2,1-4H3,(H,15,16)(H,17,18). The van der Waals surface area contributed by atoms with Crippen molar-refractivity contribution in [1.82, 2.24) is 10.3 Å². The van der Waals surface area contributed by atoms with E-state index < -0.39 is 5.54 Å². The maximum Gasteiger partial charge on any atom is 0.251 e. The predicted octanol–water partition coefficient (Wildman–Crippen LogP) is 2.06. The molecule has 0 aliphatic heterocycles. The highest BCUT2D eigenvalue weighted by Gasteiger charge is 2.21. The van der Waals surface area contributed by atoms with Crippen LogP contribution in [0, 0.1) is 0 Å². The van der Waals surface area contributed by atoms with Gasteiger partial charge in [0.15, 0.2) is 0 Å². The Labute approximate surface area is 114 Å². The number of nitrogens with zero attached hydrogens (tertiary/aromatic N) is 1. The molecule has 1 heterocycles. The SMILES string of the molecule is CCCNc1cc(C(=O)NC(C)(C)COC)ccn1. The minimum Gasteiger partial charge on any atom is -0.382 e. The Bertz CT molecular complexity index is 419. The maximum atomic E-state index is 12.1. The van der Waals surface area contributed by atoms with Crippen molar-refractivity contribution in [3.05, 3.63) is 23.9 Å². The Morgan fingerprint density at radius 1 is 1.47 bits per heavy atom. The van der Waals surface area contributed by atoms with Gasteiger partial charge in [0.25, 0.3) is 5.91 Å². The molecule has 0 saturated carbocycles. The third kappa shape index (κ3) is 5.26. The van der Waals surface area contributed by atoms with Crippen LogP contribution in [0.1, 0.15) is 37.6 Å². The molecule has 0 bridgehead atoms. The molecule has 0 spiro atoms. The number of hydrogen-bond acceptors (Lipinski definition) is 4. The quantitative estimate of drug-likeness (QED) is 0.792. The molecule has 0 saturated heterocycles. The molecule has 5 nitrogen and oxygen atoms in total. The lowest BCUT2D eigenvalue weighted by Gasteiger charge is -2.25. The lowest BCUT2D eigenvalue weighted by Crippen LogP contribution is -2.46. The Balaban J connectivity index is 2.71. The van der Waals surface area contributed by atoms with Crippen molar-refractivity contribution in [2.24, 2.45) is 0 Å². The summed E-state index contributed by atoms with van der Waals surface area (Å²) in [5.74, 6) is 0.600. The number of carbonyl (C=O) groups excluding carboxylic acids is 1. The highest BCUT2D eigenvalue weighted by atomic mass is 16.5. The average Bonchev–Trinajstić information content (AvgIpc) is 2.36. The minimum absolute atomic E-state index is 0.121. The topological polar surface area (TPSA) is 63.2 Å². The lowest BCUT2D eigenvalue weighted by atomic mass is 10.1. The summed E-state index contributed by atoms with van der Waals surface area (Å²) in [7, 11) is 1.62. The molecule has 0 aliphatic rings. The van der Waals surface area contributed by atoms with Crippen LogP contribution in [0.15, 0.2) is 18.3 Å². The van der Waals surface area contributed by atoms with E-state index in [0.717, 1.165) is 18.8 Å². The number of hydrogen-bond donors (Lipinski definition) is 2. The van der Waals surface area contributed by atoms with E-state index in [1.165, 1.54) is 0 Å². The zero-order valence-corrected chi connectivity index (χ0v) is 12.1. The molecule has 0 radical (unpaired) electrons. The summed E-state index contributed by atoms with van der Waals surface area (Å²) >= 11 is 0. The first kappa shape index (κ1) is 15.4. The van der Waals surface area contributed by atoms with Gasteiger partial charge in [0.05, 0.1) is 12.1 Å². The van der Waals surface area contributed by atoms with Gasteiger partial charge in [0.2, 0.25) is 0 Å². The molecule has 0 fully saturated rings. The third-order valence-corrected chi connectivity index (χ3v) is 2.54. The van der Waals surface area contributed by atoms with Gasteiger partial charge in [-0.25, -0.2) is 4.98 Å². The number of carbonyl (C=O) groups is 1. The van der Waals surface area contributed by atoms with E-state index in [-0.39, 0.29) is 5.91 Å². The number of ether oxygens (including phenoxy) is 1. The lowest BCUT2D eigenvalue weighted by molar-refractivity contribution is 0.0820. The van der Waals surface area contributed by atoms with E-state index in [4.69, 9.17) is 4.74 Å². The van der Waals surface area contributed by atoms with Crippen LogP contribution in [0.2, 0.25) is 0 Å². The summed E-state index contributed by atoms with van der Waals surface area (Å²) in [6.45, 7) is 7.23. The van der Waals surface area contributed by atoms with Gasteiger partial charge in [-0.1, -0.05) is 6.92 Å². The second-order valence-corrected chi connectivity index (χ2v) is 5.13. The van der Waals surface area contributed by atoms with Crippen molar-refractivity contribution in [2.45, 2.75) is 32.7 Å². The first-order chi connectivity index (χ1) is 8.98. The van der Waals surface area contributed by atoms with Gasteiger partial charge >= 0.3 is 0 Å². The summed E-state index contributed by atoms with van der Waals surface area (Å²) in [5.41, 5.74) is 0.198. The molecular weight excluding hydrogens is 242 g/mol. The van der Waals surface area contributed by atoms with E-state index in [9.17, 15) is 4.79 Å². The fourth-order valence-corrected chi connectivity index (χ4v) is 1.70. The molecule has 0 unspecified atom stereocenters. The van der Waals surface area contributed by atoms with Crippen LogP contribution < -0.4 is 10.6 Å². The highest BCUT2D eigenvalue weighted by molar-refractivity contribution is 5.95. The van der Waals surface area contributed by atoms with Crippen molar-refractivity contribution >= 4 is 11.7 Å². The normalized spacial score (nSPS) is 11.2. The Hall–Kier alpha value is -1.62. The third-order valence-electron chi connectivity index (χ3n) is 2.54. The van der Waals surface area contributed by atoms with Crippen LogP contribution in [-0.4, -0.2) is 36.7 Å². The number of aromatic nitrogens is 1. The number of rotatable bonds is 7. The Kier molecular flexibility index (Phi) is 5.76. The van der Waals surface area contributed by atoms with Crippen LogP contribution in [0.5, 0.6) is 0 Å². The van der Waals surface area contributed by atoms with Crippen LogP contribution >= 0.6 is 0 Å². The second-order valence-electron chi connectivity index (χ2n) is 5.13. The number of amides is 1.